The number of hydrogen-bond acceptors (Lipinski definition) is 5. The van der Waals surface area contributed by atoms with Crippen molar-refractivity contribution in [1.82, 2.24) is 20.0 Å². The fourth-order valence-corrected chi connectivity index (χ4v) is 4.87. The fourth-order valence-electron chi connectivity index (χ4n) is 4.87. The van der Waals surface area contributed by atoms with Gasteiger partial charge in [0.05, 0.1) is 6.61 Å². The Balaban J connectivity index is 1.29. The van der Waals surface area contributed by atoms with Crippen molar-refractivity contribution < 1.29 is 14.3 Å². The number of nitrogens with one attached hydrogen (secondary N) is 2. The summed E-state index contributed by atoms with van der Waals surface area (Å²) in [6, 6.07) is 15.2. The number of carbonyl (C=O) groups is 2. The van der Waals surface area contributed by atoms with Crippen molar-refractivity contribution in [2.24, 2.45) is 0 Å². The highest BCUT2D eigenvalue weighted by atomic mass is 16.5. The van der Waals surface area contributed by atoms with E-state index in [1.807, 2.05) is 54.3 Å². The molecule has 2 saturated heterocycles. The summed E-state index contributed by atoms with van der Waals surface area (Å²) in [5.41, 5.74) is 2.54. The molecule has 2 fully saturated rings. The van der Waals surface area contributed by atoms with Crippen molar-refractivity contribution in [3.63, 3.8) is 0 Å². The molecule has 8 heteroatoms. The van der Waals surface area contributed by atoms with E-state index >= 15 is 0 Å². The predicted molar refractivity (Wildman–Crippen MR) is 143 cm³/mol. The van der Waals surface area contributed by atoms with Crippen LogP contribution in [0.2, 0.25) is 0 Å². The molecule has 1 atom stereocenters. The zero-order valence-electron chi connectivity index (χ0n) is 21.5. The maximum atomic E-state index is 12.9. The minimum absolute atomic E-state index is 0.0353. The monoisotopic (exact) mass is 493 g/mol. The first-order valence-electron chi connectivity index (χ1n) is 13.1. The van der Waals surface area contributed by atoms with Crippen LogP contribution in [0.3, 0.4) is 0 Å². The summed E-state index contributed by atoms with van der Waals surface area (Å²) < 4.78 is 5.47. The molecule has 0 radical (unpaired) electrons. The number of piperazine rings is 1. The molecule has 2 aromatic carbocycles. The molecule has 3 amide bonds. The van der Waals surface area contributed by atoms with E-state index in [1.165, 1.54) is 0 Å². The first-order chi connectivity index (χ1) is 17.5. The van der Waals surface area contributed by atoms with Gasteiger partial charge in [0.15, 0.2) is 0 Å². The molecule has 2 aromatic rings. The van der Waals surface area contributed by atoms with Gasteiger partial charge in [-0.2, -0.15) is 0 Å². The van der Waals surface area contributed by atoms with Gasteiger partial charge >= 0.3 is 6.03 Å². The topological polar surface area (TPSA) is 77.1 Å². The van der Waals surface area contributed by atoms with Gasteiger partial charge in [-0.05, 0) is 68.8 Å². The maximum Gasteiger partial charge on any atom is 0.321 e. The van der Waals surface area contributed by atoms with Gasteiger partial charge < -0.3 is 25.2 Å². The average Bonchev–Trinajstić information content (AvgIpc) is 2.91. The number of amides is 3. The Kier molecular flexibility index (Phi) is 9.19. The van der Waals surface area contributed by atoms with Crippen LogP contribution in [-0.4, -0.2) is 92.7 Å². The lowest BCUT2D eigenvalue weighted by Crippen LogP contribution is -2.46. The number of piperidine rings is 1. The summed E-state index contributed by atoms with van der Waals surface area (Å²) in [7, 11) is 2.14. The largest absolute Gasteiger partial charge is 0.494 e. The van der Waals surface area contributed by atoms with Crippen molar-refractivity contribution >= 4 is 17.6 Å². The number of carbonyl (C=O) groups excluding carboxylic acids is 2. The molecule has 0 spiro atoms. The minimum atomic E-state index is -0.0957. The van der Waals surface area contributed by atoms with Gasteiger partial charge in [-0.3, -0.25) is 9.69 Å². The highest BCUT2D eigenvalue weighted by Gasteiger charge is 2.25. The molecule has 0 aliphatic carbocycles. The molecule has 0 aromatic heterocycles. The molecule has 8 nitrogen and oxygen atoms in total. The standard InChI is InChI=1S/C28H39N5O3/c1-3-36-26-11-9-25(10-12-26)30-28(35)33-14-5-8-24(21-33)22-6-4-7-23(20-22)27(34)29-13-15-32-18-16-31(2)17-19-32/h4,6-7,9-12,20,24H,3,5,8,13-19,21H2,1-2H3,(H,29,34)(H,30,35)/t24-/m0/s1. The van der Waals surface area contributed by atoms with Crippen LogP contribution in [0.25, 0.3) is 0 Å². The Morgan fingerprint density at radius 1 is 1.03 bits per heavy atom. The number of rotatable bonds is 8. The lowest BCUT2D eigenvalue weighted by atomic mass is 9.89. The molecule has 0 unspecified atom stereocenters. The molecule has 2 heterocycles. The highest BCUT2D eigenvalue weighted by Crippen LogP contribution is 2.28. The summed E-state index contributed by atoms with van der Waals surface area (Å²) in [4.78, 5) is 32.3. The van der Waals surface area contributed by atoms with Crippen LogP contribution >= 0.6 is 0 Å². The zero-order valence-corrected chi connectivity index (χ0v) is 21.5. The average molecular weight is 494 g/mol. The van der Waals surface area contributed by atoms with E-state index in [2.05, 4.69) is 33.5 Å². The SMILES string of the molecule is CCOc1ccc(NC(=O)N2CCC[C@H](c3cccc(C(=O)NCCN4CCN(C)CC4)c3)C2)cc1. The van der Waals surface area contributed by atoms with Crippen LogP contribution < -0.4 is 15.4 Å². The molecule has 0 bridgehead atoms. The van der Waals surface area contributed by atoms with Crippen molar-refractivity contribution in [1.29, 1.82) is 0 Å². The second-order valence-electron chi connectivity index (χ2n) is 9.70. The Labute approximate surface area is 214 Å². The Hall–Kier alpha value is -3.10. The summed E-state index contributed by atoms with van der Waals surface area (Å²) in [6.07, 6.45) is 1.93. The van der Waals surface area contributed by atoms with Gasteiger partial charge in [-0.25, -0.2) is 4.79 Å². The fraction of sp³-hybridized carbons (Fsp3) is 0.500. The molecular weight excluding hydrogens is 454 g/mol. The lowest BCUT2D eigenvalue weighted by Gasteiger charge is -2.33. The summed E-state index contributed by atoms with van der Waals surface area (Å²) in [5, 5.41) is 6.07. The number of ether oxygens (including phenoxy) is 1. The number of nitrogens with zero attached hydrogens (tertiary/aromatic N) is 3. The van der Waals surface area contributed by atoms with Crippen molar-refractivity contribution in [2.45, 2.75) is 25.7 Å². The molecule has 194 valence electrons. The first-order valence-corrected chi connectivity index (χ1v) is 13.1. The third-order valence-corrected chi connectivity index (χ3v) is 7.05. The van der Waals surface area contributed by atoms with Gasteiger partial charge in [0, 0.05) is 69.5 Å². The number of likely N-dealkylation sites (N-methyl/N-ethyl adjacent to an activating group) is 1. The van der Waals surface area contributed by atoms with Gasteiger partial charge in [0.25, 0.3) is 5.91 Å². The Morgan fingerprint density at radius 3 is 2.56 bits per heavy atom. The van der Waals surface area contributed by atoms with E-state index < -0.39 is 0 Å². The zero-order chi connectivity index (χ0) is 25.3. The molecule has 4 rings (SSSR count). The number of likely N-dealkylation sites (tertiary alicyclic amines) is 1. The quantitative estimate of drug-likeness (QED) is 0.589. The molecule has 36 heavy (non-hydrogen) atoms. The van der Waals surface area contributed by atoms with Gasteiger partial charge in [0.1, 0.15) is 5.75 Å². The summed E-state index contributed by atoms with van der Waals surface area (Å²) in [5.74, 6) is 0.964. The van der Waals surface area contributed by atoms with Crippen LogP contribution in [-0.2, 0) is 0 Å². The second kappa shape index (κ2) is 12.7. The molecule has 0 saturated carbocycles. The van der Waals surface area contributed by atoms with E-state index in [1.54, 1.807) is 0 Å². The number of anilines is 1. The van der Waals surface area contributed by atoms with E-state index in [4.69, 9.17) is 4.74 Å². The summed E-state index contributed by atoms with van der Waals surface area (Å²) in [6.45, 7) is 9.69. The van der Waals surface area contributed by atoms with Gasteiger partial charge in [-0.15, -0.1) is 0 Å². The van der Waals surface area contributed by atoms with E-state index in [-0.39, 0.29) is 17.9 Å². The van der Waals surface area contributed by atoms with Crippen LogP contribution in [0.15, 0.2) is 48.5 Å². The lowest BCUT2D eigenvalue weighted by molar-refractivity contribution is 0.0940. The van der Waals surface area contributed by atoms with Crippen molar-refractivity contribution in [3.05, 3.63) is 59.7 Å². The Morgan fingerprint density at radius 2 is 1.81 bits per heavy atom. The minimum Gasteiger partial charge on any atom is -0.494 e. The molecular formula is C28H39N5O3. The first kappa shape index (κ1) is 26.0. The molecule has 2 aliphatic heterocycles. The number of hydrogen-bond donors (Lipinski definition) is 2. The molecule has 2 aliphatic rings. The smallest absolute Gasteiger partial charge is 0.321 e. The van der Waals surface area contributed by atoms with Gasteiger partial charge in [-0.1, -0.05) is 12.1 Å². The number of benzene rings is 2. The van der Waals surface area contributed by atoms with Crippen LogP contribution in [0.1, 0.15) is 41.6 Å². The van der Waals surface area contributed by atoms with Crippen molar-refractivity contribution in [3.8, 4) is 5.75 Å². The Bertz CT molecular complexity index is 1000. The number of urea groups is 1. The third-order valence-electron chi connectivity index (χ3n) is 7.05. The normalized spacial score (nSPS) is 19.1. The maximum absolute atomic E-state index is 12.9. The third kappa shape index (κ3) is 7.21. The summed E-state index contributed by atoms with van der Waals surface area (Å²) >= 11 is 0. The van der Waals surface area contributed by atoms with Crippen LogP contribution in [0.4, 0.5) is 10.5 Å². The van der Waals surface area contributed by atoms with Gasteiger partial charge in [0.2, 0.25) is 0 Å². The van der Waals surface area contributed by atoms with E-state index in [0.29, 0.717) is 25.3 Å². The molecule has 2 N–H and O–H groups in total. The van der Waals surface area contributed by atoms with Crippen LogP contribution in [0, 0.1) is 0 Å². The highest BCUT2D eigenvalue weighted by molar-refractivity contribution is 5.94. The van der Waals surface area contributed by atoms with E-state index in [0.717, 1.165) is 69.1 Å². The predicted octanol–water partition coefficient (Wildman–Crippen LogP) is 3.47. The van der Waals surface area contributed by atoms with Crippen molar-refractivity contribution in [2.75, 3.05) is 71.3 Å². The van der Waals surface area contributed by atoms with Crippen LogP contribution in [0.5, 0.6) is 5.75 Å². The second-order valence-corrected chi connectivity index (χ2v) is 9.70. The van der Waals surface area contributed by atoms with E-state index in [9.17, 15) is 9.59 Å².